The van der Waals surface area contributed by atoms with Crippen LogP contribution in [-0.4, -0.2) is 19.7 Å². The Balaban J connectivity index is 2.15. The molecule has 1 atom stereocenters. The first kappa shape index (κ1) is 18.0. The summed E-state index contributed by atoms with van der Waals surface area (Å²) in [6, 6.07) is 8.43. The van der Waals surface area contributed by atoms with Gasteiger partial charge in [-0.3, -0.25) is 0 Å². The van der Waals surface area contributed by atoms with Crippen molar-refractivity contribution in [2.24, 2.45) is 0 Å². The minimum atomic E-state index is 0.563. The standard InChI is InChI=1S/C19H33NO/c1-4-6-7-8-11-14-20-15-16-21-19-13-10-9-12-18(19)17(3)5-2/h9-10,12-13,17,20H,4-8,11,14-16H2,1-3H3. The van der Waals surface area contributed by atoms with E-state index in [-0.39, 0.29) is 0 Å². The van der Waals surface area contributed by atoms with Crippen LogP contribution in [0.2, 0.25) is 0 Å². The van der Waals surface area contributed by atoms with Gasteiger partial charge in [0.25, 0.3) is 0 Å². The van der Waals surface area contributed by atoms with Crippen molar-refractivity contribution in [3.8, 4) is 5.75 Å². The Morgan fingerprint density at radius 3 is 2.52 bits per heavy atom. The zero-order valence-electron chi connectivity index (χ0n) is 14.2. The molecule has 21 heavy (non-hydrogen) atoms. The van der Waals surface area contributed by atoms with Gasteiger partial charge in [0.05, 0.1) is 0 Å². The van der Waals surface area contributed by atoms with Gasteiger partial charge in [-0.25, -0.2) is 0 Å². The summed E-state index contributed by atoms with van der Waals surface area (Å²) >= 11 is 0. The number of unbranched alkanes of at least 4 members (excludes halogenated alkanes) is 4. The van der Waals surface area contributed by atoms with Gasteiger partial charge in [-0.1, -0.05) is 64.7 Å². The SMILES string of the molecule is CCCCCCCNCCOc1ccccc1C(C)CC. The highest BCUT2D eigenvalue weighted by molar-refractivity contribution is 5.35. The number of benzene rings is 1. The van der Waals surface area contributed by atoms with Crippen molar-refractivity contribution in [2.75, 3.05) is 19.7 Å². The van der Waals surface area contributed by atoms with E-state index in [4.69, 9.17) is 4.74 Å². The number of hydrogen-bond donors (Lipinski definition) is 1. The Hall–Kier alpha value is -1.02. The summed E-state index contributed by atoms with van der Waals surface area (Å²) in [5.74, 6) is 1.62. The summed E-state index contributed by atoms with van der Waals surface area (Å²) in [6.45, 7) is 9.54. The highest BCUT2D eigenvalue weighted by Gasteiger charge is 2.08. The molecule has 1 unspecified atom stereocenters. The van der Waals surface area contributed by atoms with Gasteiger partial charge in [-0.2, -0.15) is 0 Å². The summed E-state index contributed by atoms with van der Waals surface area (Å²) in [5, 5.41) is 3.47. The Labute approximate surface area is 131 Å². The van der Waals surface area contributed by atoms with Crippen LogP contribution in [0.25, 0.3) is 0 Å². The fourth-order valence-electron chi connectivity index (χ4n) is 2.45. The molecule has 0 bridgehead atoms. The van der Waals surface area contributed by atoms with Crippen molar-refractivity contribution >= 4 is 0 Å². The molecular formula is C19H33NO. The third-order valence-corrected chi connectivity index (χ3v) is 4.06. The summed E-state index contributed by atoms with van der Waals surface area (Å²) in [4.78, 5) is 0. The van der Waals surface area contributed by atoms with E-state index in [1.54, 1.807) is 0 Å². The van der Waals surface area contributed by atoms with Crippen LogP contribution in [0.1, 0.15) is 70.8 Å². The summed E-state index contributed by atoms with van der Waals surface area (Å²) in [6.07, 6.45) is 7.84. The maximum Gasteiger partial charge on any atom is 0.122 e. The van der Waals surface area contributed by atoms with Crippen LogP contribution in [0.4, 0.5) is 0 Å². The first-order valence-corrected chi connectivity index (χ1v) is 8.72. The predicted molar refractivity (Wildman–Crippen MR) is 92.3 cm³/mol. The molecule has 0 aromatic heterocycles. The maximum absolute atomic E-state index is 5.94. The van der Waals surface area contributed by atoms with E-state index in [9.17, 15) is 0 Å². The second-order valence-corrected chi connectivity index (χ2v) is 5.86. The van der Waals surface area contributed by atoms with Gasteiger partial charge in [-0.05, 0) is 36.9 Å². The minimum absolute atomic E-state index is 0.563. The highest BCUT2D eigenvalue weighted by atomic mass is 16.5. The van der Waals surface area contributed by atoms with Crippen molar-refractivity contribution in [3.05, 3.63) is 29.8 Å². The largest absolute Gasteiger partial charge is 0.492 e. The Morgan fingerprint density at radius 1 is 1.00 bits per heavy atom. The van der Waals surface area contributed by atoms with Gasteiger partial charge < -0.3 is 10.1 Å². The third kappa shape index (κ3) is 7.52. The number of rotatable bonds is 12. The van der Waals surface area contributed by atoms with E-state index in [1.807, 2.05) is 0 Å². The second kappa shape index (κ2) is 11.6. The lowest BCUT2D eigenvalue weighted by atomic mass is 9.98. The van der Waals surface area contributed by atoms with Gasteiger partial charge in [0.2, 0.25) is 0 Å². The van der Waals surface area contributed by atoms with Crippen LogP contribution in [0.15, 0.2) is 24.3 Å². The zero-order valence-corrected chi connectivity index (χ0v) is 14.2. The molecule has 1 aromatic carbocycles. The molecule has 0 saturated heterocycles. The van der Waals surface area contributed by atoms with Crippen LogP contribution in [0, 0.1) is 0 Å². The predicted octanol–water partition coefficient (Wildman–Crippen LogP) is 5.14. The molecule has 0 spiro atoms. The monoisotopic (exact) mass is 291 g/mol. The summed E-state index contributed by atoms with van der Waals surface area (Å²) in [5.41, 5.74) is 1.33. The van der Waals surface area contributed by atoms with E-state index < -0.39 is 0 Å². The van der Waals surface area contributed by atoms with Crippen LogP contribution in [0.5, 0.6) is 5.75 Å². The quantitative estimate of drug-likeness (QED) is 0.538. The van der Waals surface area contributed by atoms with E-state index in [0.29, 0.717) is 5.92 Å². The molecule has 0 aliphatic rings. The number of nitrogens with one attached hydrogen (secondary N) is 1. The molecular weight excluding hydrogens is 258 g/mol. The summed E-state index contributed by atoms with van der Waals surface area (Å²) < 4.78 is 5.94. The van der Waals surface area contributed by atoms with Crippen LogP contribution < -0.4 is 10.1 Å². The molecule has 1 rings (SSSR count). The third-order valence-electron chi connectivity index (χ3n) is 4.06. The number of ether oxygens (including phenoxy) is 1. The van der Waals surface area contributed by atoms with E-state index in [1.165, 1.54) is 37.7 Å². The molecule has 0 saturated carbocycles. The summed E-state index contributed by atoms with van der Waals surface area (Å²) in [7, 11) is 0. The average molecular weight is 291 g/mol. The molecule has 2 heteroatoms. The first-order chi connectivity index (χ1) is 10.3. The van der Waals surface area contributed by atoms with Crippen molar-refractivity contribution in [3.63, 3.8) is 0 Å². The van der Waals surface area contributed by atoms with Crippen LogP contribution in [0.3, 0.4) is 0 Å². The molecule has 0 aliphatic heterocycles. The lowest BCUT2D eigenvalue weighted by molar-refractivity contribution is 0.308. The van der Waals surface area contributed by atoms with Gasteiger partial charge in [0, 0.05) is 6.54 Å². The van der Waals surface area contributed by atoms with Crippen LogP contribution >= 0.6 is 0 Å². The van der Waals surface area contributed by atoms with Gasteiger partial charge in [0.1, 0.15) is 12.4 Å². The maximum atomic E-state index is 5.94. The van der Waals surface area contributed by atoms with Crippen molar-refractivity contribution in [2.45, 2.75) is 65.2 Å². The van der Waals surface area contributed by atoms with Crippen molar-refractivity contribution in [1.29, 1.82) is 0 Å². The average Bonchev–Trinajstić information content (AvgIpc) is 2.53. The van der Waals surface area contributed by atoms with Gasteiger partial charge in [-0.15, -0.1) is 0 Å². The van der Waals surface area contributed by atoms with Crippen LogP contribution in [-0.2, 0) is 0 Å². The topological polar surface area (TPSA) is 21.3 Å². The molecule has 0 radical (unpaired) electrons. The van der Waals surface area contributed by atoms with Gasteiger partial charge >= 0.3 is 0 Å². The molecule has 0 heterocycles. The Kier molecular flexibility index (Phi) is 9.98. The zero-order chi connectivity index (χ0) is 15.3. The Bertz CT molecular complexity index is 364. The minimum Gasteiger partial charge on any atom is -0.492 e. The van der Waals surface area contributed by atoms with E-state index in [2.05, 4.69) is 50.4 Å². The van der Waals surface area contributed by atoms with Gasteiger partial charge in [0.15, 0.2) is 0 Å². The van der Waals surface area contributed by atoms with Crippen molar-refractivity contribution in [1.82, 2.24) is 5.32 Å². The van der Waals surface area contributed by atoms with Crippen molar-refractivity contribution < 1.29 is 4.74 Å². The van der Waals surface area contributed by atoms with E-state index in [0.717, 1.165) is 31.9 Å². The molecule has 0 amide bonds. The normalized spacial score (nSPS) is 12.3. The highest BCUT2D eigenvalue weighted by Crippen LogP contribution is 2.28. The molecule has 0 aliphatic carbocycles. The number of para-hydroxylation sites is 1. The smallest absolute Gasteiger partial charge is 0.122 e. The molecule has 1 N–H and O–H groups in total. The molecule has 2 nitrogen and oxygen atoms in total. The Morgan fingerprint density at radius 2 is 1.76 bits per heavy atom. The first-order valence-electron chi connectivity index (χ1n) is 8.72. The second-order valence-electron chi connectivity index (χ2n) is 5.86. The molecule has 1 aromatic rings. The fourth-order valence-corrected chi connectivity index (χ4v) is 2.45. The lowest BCUT2D eigenvalue weighted by Crippen LogP contribution is -2.22. The van der Waals surface area contributed by atoms with E-state index >= 15 is 0 Å². The molecule has 0 fully saturated rings. The lowest BCUT2D eigenvalue weighted by Gasteiger charge is -2.15. The molecule has 120 valence electrons. The fraction of sp³-hybridized carbons (Fsp3) is 0.684. The number of hydrogen-bond acceptors (Lipinski definition) is 2.